The van der Waals surface area contributed by atoms with Crippen molar-refractivity contribution in [3.8, 4) is 5.75 Å². The first-order valence-corrected chi connectivity index (χ1v) is 8.80. The summed E-state index contributed by atoms with van der Waals surface area (Å²) in [5.41, 5.74) is 2.68. The van der Waals surface area contributed by atoms with Crippen LogP contribution in [-0.4, -0.2) is 23.0 Å². The summed E-state index contributed by atoms with van der Waals surface area (Å²) >= 11 is 1.62. The molecule has 2 amide bonds. The fourth-order valence-corrected chi connectivity index (χ4v) is 3.03. The normalized spacial score (nSPS) is 10.3. The highest BCUT2D eigenvalue weighted by Crippen LogP contribution is 2.17. The fraction of sp³-hybridized carbons (Fsp3) is 0.158. The number of ether oxygens (including phenoxy) is 1. The molecule has 3 aromatic rings. The molecular weight excluding hydrogens is 334 g/mol. The third-order valence-corrected chi connectivity index (χ3v) is 4.39. The molecule has 0 aliphatic carbocycles. The van der Waals surface area contributed by atoms with Crippen molar-refractivity contribution < 1.29 is 9.53 Å². The van der Waals surface area contributed by atoms with Gasteiger partial charge >= 0.3 is 6.03 Å². The highest BCUT2D eigenvalue weighted by atomic mass is 32.1. The molecule has 3 rings (SSSR count). The van der Waals surface area contributed by atoms with E-state index in [2.05, 4.69) is 10.3 Å². The van der Waals surface area contributed by atoms with Crippen molar-refractivity contribution in [2.75, 3.05) is 12.4 Å². The molecule has 0 fully saturated rings. The van der Waals surface area contributed by atoms with Gasteiger partial charge in [-0.15, -0.1) is 0 Å². The lowest BCUT2D eigenvalue weighted by molar-refractivity contribution is 0.206. The van der Waals surface area contributed by atoms with E-state index in [1.807, 2.05) is 59.3 Å². The first-order chi connectivity index (χ1) is 12.2. The molecular formula is C19H19N3O2S. The van der Waals surface area contributed by atoms with Crippen LogP contribution in [0.2, 0.25) is 0 Å². The molecule has 0 saturated heterocycles. The lowest BCUT2D eigenvalue weighted by Gasteiger charge is -2.22. The summed E-state index contributed by atoms with van der Waals surface area (Å²) in [6.45, 7) is 0.973. The first-order valence-electron chi connectivity index (χ1n) is 7.85. The van der Waals surface area contributed by atoms with E-state index in [0.717, 1.165) is 22.7 Å². The van der Waals surface area contributed by atoms with Crippen molar-refractivity contribution in [3.63, 3.8) is 0 Å². The monoisotopic (exact) mass is 353 g/mol. The average Bonchev–Trinajstić information content (AvgIpc) is 3.16. The zero-order valence-electron chi connectivity index (χ0n) is 13.9. The van der Waals surface area contributed by atoms with E-state index < -0.39 is 0 Å². The maximum Gasteiger partial charge on any atom is 0.322 e. The summed E-state index contributed by atoms with van der Waals surface area (Å²) in [5, 5.41) is 6.99. The van der Waals surface area contributed by atoms with Gasteiger partial charge in [-0.05, 0) is 58.8 Å². The third kappa shape index (κ3) is 4.81. The van der Waals surface area contributed by atoms with Crippen LogP contribution in [0.25, 0.3) is 0 Å². The summed E-state index contributed by atoms with van der Waals surface area (Å²) in [5.74, 6) is 0.751. The van der Waals surface area contributed by atoms with Crippen LogP contribution in [0, 0.1) is 0 Å². The van der Waals surface area contributed by atoms with Crippen LogP contribution in [-0.2, 0) is 13.1 Å². The second-order valence-corrected chi connectivity index (χ2v) is 6.25. The molecule has 1 N–H and O–H groups in total. The summed E-state index contributed by atoms with van der Waals surface area (Å²) in [4.78, 5) is 18.8. The molecule has 2 aromatic heterocycles. The van der Waals surface area contributed by atoms with Crippen molar-refractivity contribution in [2.24, 2.45) is 0 Å². The zero-order valence-corrected chi connectivity index (χ0v) is 14.7. The van der Waals surface area contributed by atoms with E-state index in [9.17, 15) is 4.79 Å². The minimum absolute atomic E-state index is 0.165. The molecule has 0 bridgehead atoms. The van der Waals surface area contributed by atoms with Crippen molar-refractivity contribution in [3.05, 3.63) is 76.7 Å². The van der Waals surface area contributed by atoms with Crippen LogP contribution in [0.1, 0.15) is 11.3 Å². The number of pyridine rings is 1. The SMILES string of the molecule is COc1ccc(NC(=O)N(Cc2ccsc2)Cc2ccccn2)cc1. The van der Waals surface area contributed by atoms with Gasteiger partial charge in [0.15, 0.2) is 0 Å². The van der Waals surface area contributed by atoms with E-state index in [4.69, 9.17) is 4.74 Å². The number of urea groups is 1. The van der Waals surface area contributed by atoms with Crippen LogP contribution >= 0.6 is 11.3 Å². The van der Waals surface area contributed by atoms with Gasteiger partial charge in [0.2, 0.25) is 0 Å². The van der Waals surface area contributed by atoms with Gasteiger partial charge < -0.3 is 15.0 Å². The molecule has 1 aromatic carbocycles. The van der Waals surface area contributed by atoms with E-state index in [0.29, 0.717) is 13.1 Å². The van der Waals surface area contributed by atoms with E-state index in [-0.39, 0.29) is 6.03 Å². The minimum Gasteiger partial charge on any atom is -0.497 e. The van der Waals surface area contributed by atoms with E-state index >= 15 is 0 Å². The maximum absolute atomic E-state index is 12.8. The highest BCUT2D eigenvalue weighted by molar-refractivity contribution is 7.07. The van der Waals surface area contributed by atoms with Crippen LogP contribution in [0.3, 0.4) is 0 Å². The zero-order chi connectivity index (χ0) is 17.5. The van der Waals surface area contributed by atoms with Crippen LogP contribution < -0.4 is 10.1 Å². The molecule has 25 heavy (non-hydrogen) atoms. The van der Waals surface area contributed by atoms with Crippen LogP contribution in [0.5, 0.6) is 5.75 Å². The predicted octanol–water partition coefficient (Wildman–Crippen LogP) is 4.39. The number of rotatable bonds is 6. The molecule has 0 spiro atoms. The third-order valence-electron chi connectivity index (χ3n) is 3.66. The number of hydrogen-bond acceptors (Lipinski definition) is 4. The summed E-state index contributed by atoms with van der Waals surface area (Å²) in [6, 6.07) is 14.8. The lowest BCUT2D eigenvalue weighted by atomic mass is 10.2. The molecule has 0 saturated carbocycles. The first kappa shape index (κ1) is 17.0. The van der Waals surface area contributed by atoms with Gasteiger partial charge in [0.25, 0.3) is 0 Å². The number of nitrogens with one attached hydrogen (secondary N) is 1. The van der Waals surface area contributed by atoms with Gasteiger partial charge in [-0.1, -0.05) is 6.07 Å². The number of methoxy groups -OCH3 is 1. The minimum atomic E-state index is -0.165. The number of nitrogens with zero attached hydrogens (tertiary/aromatic N) is 2. The number of thiophene rings is 1. The van der Waals surface area contributed by atoms with Gasteiger partial charge in [0.05, 0.1) is 19.3 Å². The van der Waals surface area contributed by atoms with Gasteiger partial charge in [-0.2, -0.15) is 11.3 Å². The lowest BCUT2D eigenvalue weighted by Crippen LogP contribution is -2.34. The Morgan fingerprint density at radius 3 is 2.64 bits per heavy atom. The van der Waals surface area contributed by atoms with Crippen molar-refractivity contribution in [2.45, 2.75) is 13.1 Å². The standard InChI is InChI=1S/C19H19N3O2S/c1-24-18-7-5-16(6-8-18)21-19(23)22(12-15-9-11-25-14-15)13-17-4-2-3-10-20-17/h2-11,14H,12-13H2,1H3,(H,21,23). The van der Waals surface area contributed by atoms with Crippen molar-refractivity contribution in [1.29, 1.82) is 0 Å². The van der Waals surface area contributed by atoms with Crippen LogP contribution in [0.4, 0.5) is 10.5 Å². The Hall–Kier alpha value is -2.86. The van der Waals surface area contributed by atoms with E-state index in [1.54, 1.807) is 29.5 Å². The maximum atomic E-state index is 12.8. The molecule has 0 radical (unpaired) electrons. The summed E-state index contributed by atoms with van der Waals surface area (Å²) in [7, 11) is 1.61. The molecule has 0 atom stereocenters. The molecule has 0 unspecified atom stereocenters. The van der Waals surface area contributed by atoms with Gasteiger partial charge in [-0.25, -0.2) is 4.79 Å². The quantitative estimate of drug-likeness (QED) is 0.715. The Morgan fingerprint density at radius 2 is 2.00 bits per heavy atom. The Balaban J connectivity index is 1.73. The van der Waals surface area contributed by atoms with Crippen molar-refractivity contribution in [1.82, 2.24) is 9.88 Å². The number of benzene rings is 1. The number of amides is 2. The van der Waals surface area contributed by atoms with E-state index in [1.165, 1.54) is 0 Å². The molecule has 2 heterocycles. The van der Waals surface area contributed by atoms with Crippen molar-refractivity contribution >= 4 is 23.1 Å². The van der Waals surface area contributed by atoms with Gasteiger partial charge in [0, 0.05) is 18.4 Å². The Kier molecular flexibility index (Phi) is 5.64. The van der Waals surface area contributed by atoms with Gasteiger partial charge in [0.1, 0.15) is 5.75 Å². The summed E-state index contributed by atoms with van der Waals surface area (Å²) in [6.07, 6.45) is 1.74. The Morgan fingerprint density at radius 1 is 1.16 bits per heavy atom. The molecule has 0 aliphatic rings. The summed E-state index contributed by atoms with van der Waals surface area (Å²) < 4.78 is 5.14. The number of anilines is 1. The molecule has 5 nitrogen and oxygen atoms in total. The predicted molar refractivity (Wildman–Crippen MR) is 99.8 cm³/mol. The molecule has 6 heteroatoms. The number of aromatic nitrogens is 1. The second-order valence-electron chi connectivity index (χ2n) is 5.47. The average molecular weight is 353 g/mol. The second kappa shape index (κ2) is 8.30. The largest absolute Gasteiger partial charge is 0.497 e. The van der Waals surface area contributed by atoms with Gasteiger partial charge in [-0.3, -0.25) is 4.98 Å². The fourth-order valence-electron chi connectivity index (χ4n) is 2.37. The smallest absolute Gasteiger partial charge is 0.322 e. The topological polar surface area (TPSA) is 54.5 Å². The Labute approximate surface area is 150 Å². The number of carbonyl (C=O) groups is 1. The number of hydrogen-bond donors (Lipinski definition) is 1. The van der Waals surface area contributed by atoms with Crippen LogP contribution in [0.15, 0.2) is 65.5 Å². The Bertz CT molecular complexity index is 789. The molecule has 0 aliphatic heterocycles. The molecule has 128 valence electrons. The number of carbonyl (C=O) groups excluding carboxylic acids is 1. The highest BCUT2D eigenvalue weighted by Gasteiger charge is 2.16.